The van der Waals surface area contributed by atoms with Gasteiger partial charge in [-0.25, -0.2) is 4.79 Å². The number of aliphatic hydroxyl groups excluding tert-OH is 2. The van der Waals surface area contributed by atoms with Gasteiger partial charge < -0.3 is 54.6 Å². The molecule has 5 bridgehead atoms. The SMILES string of the molecule is CO[C@H]1/C=C/O[C@@]2(C)Oc3c(C)c(O)c4c(O)c(c5c(c4c3C2=O)=NC2(CCN(CC(C)C)CC2)N=5)NC(=O)/C(C)=C\C=C\[C@H](C)[C@H](O)[C@@H](C)[C@@H](O)[C@@H](C)[C@H](OC(=O)CN2CCC(n3c(=O)[nH]c4cc(Cl)ccc43)CC2)[C@@H]1C. The van der Waals surface area contributed by atoms with E-state index in [2.05, 4.69) is 29.0 Å². The highest BCUT2D eigenvalue weighted by Gasteiger charge is 2.50. The van der Waals surface area contributed by atoms with Crippen molar-refractivity contribution in [2.75, 3.05) is 51.7 Å². The van der Waals surface area contributed by atoms with Crippen LogP contribution in [-0.2, 0) is 23.8 Å². The van der Waals surface area contributed by atoms with E-state index in [0.717, 1.165) is 12.1 Å². The maximum Gasteiger partial charge on any atom is 0.326 e. The lowest BCUT2D eigenvalue weighted by atomic mass is 9.78. The van der Waals surface area contributed by atoms with Crippen LogP contribution in [-0.4, -0.2) is 140 Å². The molecule has 6 aliphatic heterocycles. The highest BCUT2D eigenvalue weighted by molar-refractivity contribution is 6.31. The molecule has 0 saturated carbocycles. The van der Waals surface area contributed by atoms with Crippen molar-refractivity contribution in [3.63, 3.8) is 0 Å². The molecule has 10 rings (SSSR count). The molecule has 9 atom stereocenters. The van der Waals surface area contributed by atoms with Gasteiger partial charge in [-0.1, -0.05) is 71.4 Å². The number of phenolic OH excluding ortho intramolecular Hbond substituents is 2. The lowest BCUT2D eigenvalue weighted by Crippen LogP contribution is -2.48. The average molecular weight is 1100 g/mol. The molecule has 0 radical (unpaired) electrons. The number of anilines is 1. The number of fused-ring (bicyclic) bond motifs is 14. The van der Waals surface area contributed by atoms with E-state index in [-0.39, 0.29) is 73.6 Å². The summed E-state index contributed by atoms with van der Waals surface area (Å²) < 4.78 is 26.7. The number of imidazole rings is 1. The first-order valence-corrected chi connectivity index (χ1v) is 27.6. The van der Waals surface area contributed by atoms with Gasteiger partial charge >= 0.3 is 17.4 Å². The Labute approximate surface area is 458 Å². The number of hydrogen-bond donors (Lipinski definition) is 6. The van der Waals surface area contributed by atoms with Crippen molar-refractivity contribution in [3.05, 3.63) is 91.7 Å². The number of carbonyl (C=O) groups excluding carboxylic acids is 3. The van der Waals surface area contributed by atoms with Crippen LogP contribution in [0.4, 0.5) is 5.69 Å². The van der Waals surface area contributed by atoms with Gasteiger partial charge in [0, 0.05) is 111 Å². The zero-order valence-electron chi connectivity index (χ0n) is 46.1. The topological polar surface area (TPSA) is 250 Å². The van der Waals surface area contributed by atoms with Crippen molar-refractivity contribution in [3.8, 4) is 17.2 Å². The Kier molecular flexibility index (Phi) is 16.1. The molecule has 19 nitrogen and oxygen atoms in total. The van der Waals surface area contributed by atoms with Crippen LogP contribution in [0.2, 0.25) is 5.02 Å². The Morgan fingerprint density at radius 1 is 0.910 bits per heavy atom. The van der Waals surface area contributed by atoms with Crippen LogP contribution in [0.15, 0.2) is 69.1 Å². The summed E-state index contributed by atoms with van der Waals surface area (Å²) in [5, 5.41) is 51.8. The number of esters is 1. The fourth-order valence-corrected chi connectivity index (χ4v) is 12.4. The van der Waals surface area contributed by atoms with E-state index in [0.29, 0.717) is 68.3 Å². The highest BCUT2D eigenvalue weighted by Crippen LogP contribution is 2.50. The molecule has 1 amide bonds. The maximum atomic E-state index is 15.0. The minimum absolute atomic E-state index is 0.0166. The number of aromatic hydroxyl groups is 2. The first-order valence-electron chi connectivity index (χ1n) is 27.2. The number of H-pyrrole nitrogens is 1. The third kappa shape index (κ3) is 10.6. The number of amides is 1. The Hall–Kier alpha value is -6.09. The van der Waals surface area contributed by atoms with Crippen molar-refractivity contribution in [2.24, 2.45) is 39.6 Å². The normalized spacial score (nSPS) is 29.9. The molecule has 4 aromatic rings. The lowest BCUT2D eigenvalue weighted by molar-refractivity contribution is -0.164. The minimum atomic E-state index is -2.01. The number of nitrogens with zero attached hydrogens (tertiary/aromatic N) is 5. The summed E-state index contributed by atoms with van der Waals surface area (Å²) in [5.74, 6) is -6.91. The fraction of sp³-hybridized carbons (Fsp3) is 0.552. The molecule has 7 heterocycles. The number of nitrogens with one attached hydrogen (secondary N) is 2. The number of Topliss-reactive ketones (excluding diaryl/α,β-unsaturated/α-hetero) is 1. The molecule has 2 saturated heterocycles. The molecule has 1 spiro atoms. The number of benzene rings is 3. The van der Waals surface area contributed by atoms with Crippen molar-refractivity contribution < 1.29 is 53.8 Å². The van der Waals surface area contributed by atoms with Gasteiger partial charge in [-0.3, -0.25) is 33.8 Å². The van der Waals surface area contributed by atoms with Crippen LogP contribution in [0.5, 0.6) is 17.2 Å². The molecule has 420 valence electrons. The zero-order valence-corrected chi connectivity index (χ0v) is 46.9. The summed E-state index contributed by atoms with van der Waals surface area (Å²) in [5.41, 5.74) is 0.508. The Balaban J connectivity index is 1.05. The second-order valence-electron chi connectivity index (χ2n) is 22.8. The van der Waals surface area contributed by atoms with Crippen molar-refractivity contribution >= 4 is 56.8 Å². The summed E-state index contributed by atoms with van der Waals surface area (Å²) in [7, 11) is 1.47. The number of carbonyl (C=O) groups is 3. The number of likely N-dealkylation sites (tertiary alicyclic amines) is 2. The molecule has 0 aliphatic carbocycles. The predicted octanol–water partition coefficient (Wildman–Crippen LogP) is 6.36. The molecule has 78 heavy (non-hydrogen) atoms. The van der Waals surface area contributed by atoms with Crippen molar-refractivity contribution in [1.82, 2.24) is 19.4 Å². The van der Waals surface area contributed by atoms with E-state index >= 15 is 4.79 Å². The number of allylic oxidation sites excluding steroid dienone is 2. The van der Waals surface area contributed by atoms with Gasteiger partial charge in [-0.2, -0.15) is 0 Å². The number of methoxy groups -OCH3 is 1. The Morgan fingerprint density at radius 3 is 2.28 bits per heavy atom. The number of phenols is 2. The van der Waals surface area contributed by atoms with E-state index in [4.69, 9.17) is 40.5 Å². The van der Waals surface area contributed by atoms with Crippen LogP contribution >= 0.6 is 11.6 Å². The zero-order chi connectivity index (χ0) is 56.3. The van der Waals surface area contributed by atoms with Crippen molar-refractivity contribution in [2.45, 2.75) is 130 Å². The van der Waals surface area contributed by atoms with E-state index in [9.17, 15) is 34.8 Å². The number of halogens is 1. The highest BCUT2D eigenvalue weighted by atomic mass is 35.5. The van der Waals surface area contributed by atoms with Gasteiger partial charge in [0.15, 0.2) is 11.4 Å². The van der Waals surface area contributed by atoms with E-state index < -0.39 is 82.9 Å². The van der Waals surface area contributed by atoms with Gasteiger partial charge in [-0.05, 0) is 56.9 Å². The number of hydrogen-bond acceptors (Lipinski definition) is 16. The summed E-state index contributed by atoms with van der Waals surface area (Å²) in [4.78, 5) is 73.9. The van der Waals surface area contributed by atoms with Gasteiger partial charge in [0.05, 0.1) is 58.5 Å². The molecule has 2 fully saturated rings. The van der Waals surface area contributed by atoms with Crippen LogP contribution in [0, 0.1) is 36.5 Å². The first-order chi connectivity index (χ1) is 37.0. The van der Waals surface area contributed by atoms with E-state index in [1.807, 2.05) is 17.9 Å². The van der Waals surface area contributed by atoms with Crippen LogP contribution in [0.1, 0.15) is 103 Å². The van der Waals surface area contributed by atoms with Gasteiger partial charge in [0.25, 0.3) is 11.7 Å². The minimum Gasteiger partial charge on any atom is -0.507 e. The number of ether oxygens (including phenoxy) is 4. The summed E-state index contributed by atoms with van der Waals surface area (Å²) >= 11 is 6.20. The van der Waals surface area contributed by atoms with E-state index in [1.165, 1.54) is 20.3 Å². The molecule has 6 N–H and O–H groups in total. The predicted molar refractivity (Wildman–Crippen MR) is 294 cm³/mol. The largest absolute Gasteiger partial charge is 0.507 e. The lowest BCUT2D eigenvalue weighted by Gasteiger charge is -2.38. The molecular weight excluding hydrogens is 1020 g/mol. The monoisotopic (exact) mass is 1100 g/mol. The average Bonchev–Trinajstić information content (AvgIpc) is 4.25. The van der Waals surface area contributed by atoms with E-state index in [1.54, 1.807) is 75.6 Å². The Bertz CT molecular complexity index is 3300. The second-order valence-corrected chi connectivity index (χ2v) is 23.2. The number of aromatic nitrogens is 2. The number of piperidine rings is 2. The third-order valence-electron chi connectivity index (χ3n) is 16.8. The summed E-state index contributed by atoms with van der Waals surface area (Å²) in [6, 6.07) is 5.19. The molecule has 0 unspecified atom stereocenters. The van der Waals surface area contributed by atoms with Gasteiger partial charge in [-0.15, -0.1) is 0 Å². The first kappa shape index (κ1) is 56.6. The molecule has 20 heteroatoms. The molecule has 6 aliphatic rings. The Morgan fingerprint density at radius 2 is 1.60 bits per heavy atom. The van der Waals surface area contributed by atoms with Gasteiger partial charge in [0.1, 0.15) is 28.6 Å². The van der Waals surface area contributed by atoms with Crippen LogP contribution < -0.4 is 26.5 Å². The van der Waals surface area contributed by atoms with Crippen molar-refractivity contribution in [1.29, 1.82) is 0 Å². The number of aromatic amines is 1. The van der Waals surface area contributed by atoms with Crippen LogP contribution in [0.25, 0.3) is 21.8 Å². The van der Waals surface area contributed by atoms with Crippen LogP contribution in [0.3, 0.4) is 0 Å². The number of ketones is 1. The second kappa shape index (κ2) is 22.2. The number of aliphatic hydroxyl groups is 2. The number of rotatable bonds is 7. The quantitative estimate of drug-likeness (QED) is 0.0871. The summed E-state index contributed by atoms with van der Waals surface area (Å²) in [6.07, 6.45) is 5.86. The van der Waals surface area contributed by atoms with Gasteiger partial charge in [0.2, 0.25) is 0 Å². The fourth-order valence-electron chi connectivity index (χ4n) is 12.2. The molecule has 1 aromatic heterocycles. The third-order valence-corrected chi connectivity index (χ3v) is 17.0. The maximum absolute atomic E-state index is 15.0. The summed E-state index contributed by atoms with van der Waals surface area (Å²) in [6.45, 7) is 19.2. The molecular formula is C58H74ClN7O12. The standard InChI is InChI=1S/C58H74ClN7O12/c1-29(2)27-65-23-19-58(20-24-65)62-45-42-43-50(70)35(8)53-44(42)54(72)57(9,78-53)76-25-18-40(75-10)32(5)52(77-41(67)28-64-21-16-37(17-22-64)66-39-15-14-36(59)26-38(39)60-56(66)74)34(7)49(69)33(6)48(68)30(3)12-11-13-31(4)55(73)61-47(51(43)71)46(45)63-58/h11-15,18,25-26,29-30,32-34,37,40,48-49,52,68-71H,16-17,19-24,27-28H2,1-10H3,(H,60,74)(H,61,73)/b12-11+,25-18+,31-13-/t30-,32+,33+,34+,40-,48-,49+,52+,57-/m0/s1. The smallest absolute Gasteiger partial charge is 0.326 e. The molecule has 3 aromatic carbocycles.